The highest BCUT2D eigenvalue weighted by atomic mass is 79.9. The van der Waals surface area contributed by atoms with Gasteiger partial charge in [-0.15, -0.1) is 12.4 Å². The first-order chi connectivity index (χ1) is 9.08. The van der Waals surface area contributed by atoms with E-state index in [1.165, 1.54) is 0 Å². The summed E-state index contributed by atoms with van der Waals surface area (Å²) in [5, 5.41) is 3.84. The molecule has 2 rings (SSSR count). The Kier molecular flexibility index (Phi) is 7.69. The Labute approximate surface area is 137 Å². The first-order valence-electron chi connectivity index (χ1n) is 6.26. The van der Waals surface area contributed by atoms with Crippen LogP contribution in [0.3, 0.4) is 0 Å². The lowest BCUT2D eigenvalue weighted by molar-refractivity contribution is 0.0736. The maximum Gasteiger partial charge on any atom is 0.240 e. The number of benzene rings is 1. The van der Waals surface area contributed by atoms with Gasteiger partial charge in [0.25, 0.3) is 0 Å². The fourth-order valence-corrected chi connectivity index (χ4v) is 3.35. The number of piperazine rings is 1. The molecule has 1 saturated heterocycles. The lowest BCUT2D eigenvalue weighted by Crippen LogP contribution is -2.45. The number of hydrogen-bond donors (Lipinski definition) is 1. The molecule has 0 radical (unpaired) electrons. The first-order valence-corrected chi connectivity index (χ1v) is 7.43. The molecule has 7 heteroatoms. The van der Waals surface area contributed by atoms with E-state index in [0.717, 1.165) is 36.2 Å². The second-order valence-electron chi connectivity index (χ2n) is 4.59. The van der Waals surface area contributed by atoms with Crippen molar-refractivity contribution in [3.63, 3.8) is 0 Å². The molecule has 0 amide bonds. The van der Waals surface area contributed by atoms with Gasteiger partial charge in [0.1, 0.15) is 0 Å². The topological polar surface area (TPSA) is 15.3 Å². The van der Waals surface area contributed by atoms with Gasteiger partial charge in [-0.25, -0.2) is 8.78 Å². The van der Waals surface area contributed by atoms with E-state index in [1.54, 1.807) is 12.1 Å². The third-order valence-corrected chi connectivity index (χ3v) is 4.24. The van der Waals surface area contributed by atoms with E-state index in [0.29, 0.717) is 5.02 Å². The van der Waals surface area contributed by atoms with E-state index in [4.69, 9.17) is 11.6 Å². The van der Waals surface area contributed by atoms with Crippen LogP contribution in [0, 0.1) is 0 Å². The summed E-state index contributed by atoms with van der Waals surface area (Å²) in [6, 6.07) is 5.08. The Balaban J connectivity index is 0.00000200. The molecule has 0 saturated carbocycles. The molecule has 1 aliphatic rings. The highest BCUT2D eigenvalue weighted by Crippen LogP contribution is 2.34. The van der Waals surface area contributed by atoms with E-state index in [1.807, 2.05) is 6.07 Å². The van der Waals surface area contributed by atoms with Gasteiger partial charge >= 0.3 is 0 Å². The second kappa shape index (κ2) is 8.49. The SMILES string of the molecule is Cl.FC(F)C[C@@H](c1ccc(Cl)cc1Br)N1CCNCC1. The molecule has 1 aliphatic heterocycles. The Morgan fingerprint density at radius 3 is 2.50 bits per heavy atom. The van der Waals surface area contributed by atoms with Crippen LogP contribution in [0.4, 0.5) is 8.78 Å². The van der Waals surface area contributed by atoms with Crippen LogP contribution in [-0.2, 0) is 0 Å². The van der Waals surface area contributed by atoms with E-state index < -0.39 is 6.43 Å². The van der Waals surface area contributed by atoms with Gasteiger partial charge in [-0.1, -0.05) is 33.6 Å². The van der Waals surface area contributed by atoms with Crippen molar-refractivity contribution in [1.82, 2.24) is 10.2 Å². The Hall–Kier alpha value is 0.0600. The van der Waals surface area contributed by atoms with Crippen LogP contribution in [0.2, 0.25) is 5.02 Å². The van der Waals surface area contributed by atoms with Crippen LogP contribution >= 0.6 is 39.9 Å². The summed E-state index contributed by atoms with van der Waals surface area (Å²) >= 11 is 9.34. The molecule has 114 valence electrons. The highest BCUT2D eigenvalue weighted by molar-refractivity contribution is 9.10. The molecule has 0 spiro atoms. The molecule has 0 aromatic heterocycles. The predicted molar refractivity (Wildman–Crippen MR) is 84.2 cm³/mol. The molecular formula is C13H17BrCl2F2N2. The van der Waals surface area contributed by atoms with Gasteiger partial charge in [-0.2, -0.15) is 0 Å². The number of hydrogen-bond acceptors (Lipinski definition) is 2. The van der Waals surface area contributed by atoms with Crippen LogP contribution < -0.4 is 5.32 Å². The Morgan fingerprint density at radius 2 is 1.95 bits per heavy atom. The monoisotopic (exact) mass is 388 g/mol. The summed E-state index contributed by atoms with van der Waals surface area (Å²) in [6.45, 7) is 3.24. The summed E-state index contributed by atoms with van der Waals surface area (Å²) in [7, 11) is 0. The van der Waals surface area contributed by atoms with E-state index in [2.05, 4.69) is 26.1 Å². The molecule has 1 aromatic rings. The van der Waals surface area contributed by atoms with Crippen molar-refractivity contribution >= 4 is 39.9 Å². The lowest BCUT2D eigenvalue weighted by Gasteiger charge is -2.35. The second-order valence-corrected chi connectivity index (χ2v) is 5.89. The number of rotatable bonds is 4. The van der Waals surface area contributed by atoms with E-state index in [-0.39, 0.29) is 24.9 Å². The summed E-state index contributed by atoms with van der Waals surface area (Å²) in [5.41, 5.74) is 0.881. The fraction of sp³-hybridized carbons (Fsp3) is 0.538. The summed E-state index contributed by atoms with van der Waals surface area (Å²) in [6.07, 6.45) is -2.47. The van der Waals surface area contributed by atoms with Crippen molar-refractivity contribution in [1.29, 1.82) is 0 Å². The molecule has 1 N–H and O–H groups in total. The molecule has 0 bridgehead atoms. The molecule has 0 aliphatic carbocycles. The average molecular weight is 390 g/mol. The largest absolute Gasteiger partial charge is 0.314 e. The molecule has 0 unspecified atom stereocenters. The van der Waals surface area contributed by atoms with Gasteiger partial charge < -0.3 is 5.32 Å². The van der Waals surface area contributed by atoms with Crippen LogP contribution in [0.15, 0.2) is 22.7 Å². The normalized spacial score (nSPS) is 17.9. The van der Waals surface area contributed by atoms with E-state index in [9.17, 15) is 8.78 Å². The zero-order valence-electron chi connectivity index (χ0n) is 10.8. The first kappa shape index (κ1) is 18.1. The quantitative estimate of drug-likeness (QED) is 0.832. The van der Waals surface area contributed by atoms with Gasteiger partial charge in [-0.05, 0) is 17.7 Å². The van der Waals surface area contributed by atoms with Gasteiger partial charge in [0.2, 0.25) is 6.43 Å². The highest BCUT2D eigenvalue weighted by Gasteiger charge is 2.26. The zero-order valence-corrected chi connectivity index (χ0v) is 13.9. The fourth-order valence-electron chi connectivity index (χ4n) is 2.41. The van der Waals surface area contributed by atoms with Crippen LogP contribution in [0.25, 0.3) is 0 Å². The van der Waals surface area contributed by atoms with Gasteiger partial charge in [-0.3, -0.25) is 4.90 Å². The standard InChI is InChI=1S/C13H16BrClF2N2.ClH/c14-11-7-9(15)1-2-10(11)12(8-13(16)17)19-5-3-18-4-6-19;/h1-2,7,12-13,18H,3-6,8H2;1H/t12-;/m0./s1. The maximum absolute atomic E-state index is 12.9. The molecule has 1 aromatic carbocycles. The van der Waals surface area contributed by atoms with Crippen molar-refractivity contribution in [3.8, 4) is 0 Å². The minimum Gasteiger partial charge on any atom is -0.314 e. The van der Waals surface area contributed by atoms with Crippen LogP contribution in [0.1, 0.15) is 18.0 Å². The molecule has 2 nitrogen and oxygen atoms in total. The summed E-state index contributed by atoms with van der Waals surface area (Å²) < 4.78 is 26.5. The molecule has 1 heterocycles. The Morgan fingerprint density at radius 1 is 1.30 bits per heavy atom. The number of halogens is 5. The minimum atomic E-state index is -2.32. The van der Waals surface area contributed by atoms with Gasteiger partial charge in [0.15, 0.2) is 0 Å². The summed E-state index contributed by atoms with van der Waals surface area (Å²) in [5.74, 6) is 0. The van der Waals surface area contributed by atoms with Crippen molar-refractivity contribution in [3.05, 3.63) is 33.3 Å². The zero-order chi connectivity index (χ0) is 13.8. The van der Waals surface area contributed by atoms with Crippen molar-refractivity contribution in [2.45, 2.75) is 18.9 Å². The van der Waals surface area contributed by atoms with Crippen molar-refractivity contribution in [2.24, 2.45) is 0 Å². The Bertz CT molecular complexity index is 429. The predicted octanol–water partition coefficient (Wildman–Crippen LogP) is 4.13. The number of nitrogens with one attached hydrogen (secondary N) is 1. The maximum atomic E-state index is 12.9. The van der Waals surface area contributed by atoms with E-state index >= 15 is 0 Å². The smallest absolute Gasteiger partial charge is 0.240 e. The average Bonchev–Trinajstić information content (AvgIpc) is 2.37. The molecular weight excluding hydrogens is 373 g/mol. The van der Waals surface area contributed by atoms with Crippen LogP contribution in [-0.4, -0.2) is 37.5 Å². The molecule has 1 fully saturated rings. The third kappa shape index (κ3) is 4.81. The number of nitrogens with zero attached hydrogens (tertiary/aromatic N) is 1. The molecule has 1 atom stereocenters. The van der Waals surface area contributed by atoms with Crippen LogP contribution in [0.5, 0.6) is 0 Å². The van der Waals surface area contributed by atoms with Crippen molar-refractivity contribution in [2.75, 3.05) is 26.2 Å². The third-order valence-electron chi connectivity index (χ3n) is 3.32. The minimum absolute atomic E-state index is 0. The number of alkyl halides is 2. The van der Waals surface area contributed by atoms with Gasteiger partial charge in [0.05, 0.1) is 0 Å². The lowest BCUT2D eigenvalue weighted by atomic mass is 10.0. The summed E-state index contributed by atoms with van der Waals surface area (Å²) in [4.78, 5) is 2.11. The van der Waals surface area contributed by atoms with Crippen molar-refractivity contribution < 1.29 is 8.78 Å². The van der Waals surface area contributed by atoms with Gasteiger partial charge in [0, 0.05) is 48.1 Å². The molecule has 20 heavy (non-hydrogen) atoms.